The Hall–Kier alpha value is -1.78. The van der Waals surface area contributed by atoms with Gasteiger partial charge in [0.15, 0.2) is 0 Å². The minimum atomic E-state index is -0.510. The lowest BCUT2D eigenvalue weighted by Gasteiger charge is -2.03. The predicted molar refractivity (Wildman–Crippen MR) is 67.2 cm³/mol. The van der Waals surface area contributed by atoms with Crippen molar-refractivity contribution in [2.45, 2.75) is 13.2 Å². The summed E-state index contributed by atoms with van der Waals surface area (Å²) in [6.45, 7) is 0.430. The summed E-state index contributed by atoms with van der Waals surface area (Å²) in [5, 5.41) is 0.642. The quantitative estimate of drug-likeness (QED) is 0.864. The number of furan rings is 1. The zero-order valence-electron chi connectivity index (χ0n) is 9.56. The summed E-state index contributed by atoms with van der Waals surface area (Å²) in [5.74, 6) is 0.197. The van der Waals surface area contributed by atoms with Crippen LogP contribution in [0.15, 0.2) is 40.8 Å². The van der Waals surface area contributed by atoms with Crippen molar-refractivity contribution < 1.29 is 13.9 Å². The largest absolute Gasteiger partial charge is 0.455 e. The van der Waals surface area contributed by atoms with Crippen LogP contribution in [-0.2, 0) is 17.9 Å². The number of rotatable bonds is 4. The van der Waals surface area contributed by atoms with Crippen LogP contribution in [-0.4, -0.2) is 5.97 Å². The molecule has 18 heavy (non-hydrogen) atoms. The summed E-state index contributed by atoms with van der Waals surface area (Å²) >= 11 is 5.75. The number of hydrogen-bond donors (Lipinski definition) is 1. The van der Waals surface area contributed by atoms with Crippen molar-refractivity contribution in [3.8, 4) is 0 Å². The van der Waals surface area contributed by atoms with Crippen molar-refractivity contribution >= 4 is 17.6 Å². The Kier molecular flexibility index (Phi) is 4.02. The zero-order valence-corrected chi connectivity index (χ0v) is 10.3. The fraction of sp³-hybridized carbons (Fsp3) is 0.154. The van der Waals surface area contributed by atoms with E-state index in [2.05, 4.69) is 0 Å². The van der Waals surface area contributed by atoms with Gasteiger partial charge in [0.1, 0.15) is 12.4 Å². The van der Waals surface area contributed by atoms with Crippen LogP contribution in [0.5, 0.6) is 0 Å². The molecule has 0 unspecified atom stereocenters. The maximum absolute atomic E-state index is 11.6. The topological polar surface area (TPSA) is 65.5 Å². The van der Waals surface area contributed by atoms with Crippen LogP contribution in [0.25, 0.3) is 0 Å². The second kappa shape index (κ2) is 5.71. The average Bonchev–Trinajstić information content (AvgIpc) is 2.86. The van der Waals surface area contributed by atoms with E-state index in [0.29, 0.717) is 10.8 Å². The van der Waals surface area contributed by atoms with Gasteiger partial charge in [0.05, 0.1) is 6.54 Å². The van der Waals surface area contributed by atoms with E-state index in [0.717, 1.165) is 5.56 Å². The van der Waals surface area contributed by atoms with Crippen molar-refractivity contribution in [2.75, 3.05) is 0 Å². The number of halogens is 1. The molecule has 94 valence electrons. The van der Waals surface area contributed by atoms with Gasteiger partial charge in [-0.3, -0.25) is 0 Å². The minimum Gasteiger partial charge on any atom is -0.455 e. The van der Waals surface area contributed by atoms with Gasteiger partial charge in [-0.1, -0.05) is 23.7 Å². The first kappa shape index (κ1) is 12.7. The highest BCUT2D eigenvalue weighted by Crippen LogP contribution is 2.12. The molecule has 2 N–H and O–H groups in total. The molecule has 2 rings (SSSR count). The Morgan fingerprint density at radius 2 is 1.94 bits per heavy atom. The Labute approximate surface area is 109 Å². The number of benzene rings is 1. The molecule has 0 atom stereocenters. The molecule has 1 aromatic heterocycles. The summed E-state index contributed by atoms with van der Waals surface area (Å²) in [6.07, 6.45) is 0. The van der Waals surface area contributed by atoms with Gasteiger partial charge in [0.2, 0.25) is 5.76 Å². The van der Waals surface area contributed by atoms with E-state index in [-0.39, 0.29) is 18.9 Å². The van der Waals surface area contributed by atoms with E-state index in [1.807, 2.05) is 0 Å². The molecule has 4 nitrogen and oxygen atoms in total. The number of carbonyl (C=O) groups excluding carboxylic acids is 1. The fourth-order valence-electron chi connectivity index (χ4n) is 1.40. The standard InChI is InChI=1S/C13H12ClNO3/c14-10-3-1-9(2-4-10)8-17-13(16)12-6-5-11(7-15)18-12/h1-6H,7-8,15H2. The van der Waals surface area contributed by atoms with Gasteiger partial charge in [0.25, 0.3) is 0 Å². The fourth-order valence-corrected chi connectivity index (χ4v) is 1.52. The third-order valence-electron chi connectivity index (χ3n) is 2.35. The first-order chi connectivity index (χ1) is 8.69. The Morgan fingerprint density at radius 1 is 1.22 bits per heavy atom. The maximum Gasteiger partial charge on any atom is 0.374 e. The molecular formula is C13H12ClNO3. The van der Waals surface area contributed by atoms with Gasteiger partial charge < -0.3 is 14.9 Å². The highest BCUT2D eigenvalue weighted by Gasteiger charge is 2.12. The molecule has 0 spiro atoms. The molecule has 0 aliphatic rings. The third kappa shape index (κ3) is 3.12. The van der Waals surface area contributed by atoms with Gasteiger partial charge in [-0.15, -0.1) is 0 Å². The predicted octanol–water partition coefficient (Wildman–Crippen LogP) is 2.75. The molecule has 0 amide bonds. The van der Waals surface area contributed by atoms with Crippen molar-refractivity contribution in [3.63, 3.8) is 0 Å². The number of nitrogens with two attached hydrogens (primary N) is 1. The lowest BCUT2D eigenvalue weighted by Crippen LogP contribution is -2.04. The van der Waals surface area contributed by atoms with Gasteiger partial charge in [0, 0.05) is 5.02 Å². The van der Waals surface area contributed by atoms with Crippen LogP contribution >= 0.6 is 11.6 Å². The van der Waals surface area contributed by atoms with Gasteiger partial charge >= 0.3 is 5.97 Å². The normalized spacial score (nSPS) is 10.3. The summed E-state index contributed by atoms with van der Waals surface area (Å²) in [4.78, 5) is 11.6. The molecule has 0 fully saturated rings. The lowest BCUT2D eigenvalue weighted by atomic mass is 10.2. The summed E-state index contributed by atoms with van der Waals surface area (Å²) in [6, 6.07) is 10.3. The van der Waals surface area contributed by atoms with E-state index in [1.165, 1.54) is 0 Å². The number of esters is 1. The average molecular weight is 266 g/mol. The Morgan fingerprint density at radius 3 is 2.56 bits per heavy atom. The highest BCUT2D eigenvalue weighted by atomic mass is 35.5. The van der Waals surface area contributed by atoms with Crippen LogP contribution in [0.1, 0.15) is 21.9 Å². The SMILES string of the molecule is NCc1ccc(C(=O)OCc2ccc(Cl)cc2)o1. The van der Waals surface area contributed by atoms with Gasteiger partial charge in [-0.05, 0) is 29.8 Å². The van der Waals surface area contributed by atoms with E-state index >= 15 is 0 Å². The van der Waals surface area contributed by atoms with E-state index in [4.69, 9.17) is 26.5 Å². The summed E-state index contributed by atoms with van der Waals surface area (Å²) < 4.78 is 10.3. The molecular weight excluding hydrogens is 254 g/mol. The van der Waals surface area contributed by atoms with E-state index in [1.54, 1.807) is 36.4 Å². The van der Waals surface area contributed by atoms with Crippen LogP contribution in [0, 0.1) is 0 Å². The zero-order chi connectivity index (χ0) is 13.0. The number of hydrogen-bond acceptors (Lipinski definition) is 4. The molecule has 2 aromatic rings. The van der Waals surface area contributed by atoms with Crippen LogP contribution in [0.3, 0.4) is 0 Å². The molecule has 5 heteroatoms. The monoisotopic (exact) mass is 265 g/mol. The highest BCUT2D eigenvalue weighted by molar-refractivity contribution is 6.30. The third-order valence-corrected chi connectivity index (χ3v) is 2.60. The molecule has 1 aromatic carbocycles. The second-order valence-electron chi connectivity index (χ2n) is 3.67. The van der Waals surface area contributed by atoms with Crippen LogP contribution in [0.2, 0.25) is 5.02 Å². The first-order valence-electron chi connectivity index (χ1n) is 5.39. The minimum absolute atomic E-state index is 0.157. The molecule has 0 aliphatic carbocycles. The maximum atomic E-state index is 11.6. The van der Waals surface area contributed by atoms with E-state index in [9.17, 15) is 4.79 Å². The van der Waals surface area contributed by atoms with Crippen molar-refractivity contribution in [2.24, 2.45) is 5.73 Å². The van der Waals surface area contributed by atoms with Gasteiger partial charge in [-0.2, -0.15) is 0 Å². The summed E-state index contributed by atoms with van der Waals surface area (Å²) in [7, 11) is 0. The molecule has 0 bridgehead atoms. The Bertz CT molecular complexity index is 533. The number of ether oxygens (including phenoxy) is 1. The summed E-state index contributed by atoms with van der Waals surface area (Å²) in [5.41, 5.74) is 6.24. The molecule has 1 heterocycles. The molecule has 0 aliphatic heterocycles. The van der Waals surface area contributed by atoms with Crippen molar-refractivity contribution in [1.82, 2.24) is 0 Å². The Balaban J connectivity index is 1.93. The first-order valence-corrected chi connectivity index (χ1v) is 5.77. The smallest absolute Gasteiger partial charge is 0.374 e. The molecule has 0 saturated carbocycles. The van der Waals surface area contributed by atoms with Crippen LogP contribution < -0.4 is 5.73 Å². The second-order valence-corrected chi connectivity index (χ2v) is 4.11. The van der Waals surface area contributed by atoms with Crippen molar-refractivity contribution in [3.05, 3.63) is 58.5 Å². The van der Waals surface area contributed by atoms with Gasteiger partial charge in [-0.25, -0.2) is 4.79 Å². The van der Waals surface area contributed by atoms with Crippen molar-refractivity contribution in [1.29, 1.82) is 0 Å². The molecule has 0 saturated heterocycles. The lowest BCUT2D eigenvalue weighted by molar-refractivity contribution is 0.0434. The number of carbonyl (C=O) groups is 1. The van der Waals surface area contributed by atoms with E-state index < -0.39 is 5.97 Å². The molecule has 0 radical (unpaired) electrons. The van der Waals surface area contributed by atoms with Crippen LogP contribution in [0.4, 0.5) is 0 Å².